The van der Waals surface area contributed by atoms with Gasteiger partial charge in [-0.1, -0.05) is 18.2 Å². The van der Waals surface area contributed by atoms with Crippen molar-refractivity contribution >= 4 is 11.7 Å². The Morgan fingerprint density at radius 1 is 1.15 bits per heavy atom. The fraction of sp³-hybridized carbons (Fsp3) is 0.167. The number of nitro groups is 1. The molecule has 0 unspecified atom stereocenters. The van der Waals surface area contributed by atoms with Crippen molar-refractivity contribution in [2.75, 3.05) is 0 Å². The molecule has 0 bridgehead atoms. The summed E-state index contributed by atoms with van der Waals surface area (Å²) in [5.41, 5.74) is 1.78. The molecular formula is C18H15N3O5. The summed E-state index contributed by atoms with van der Waals surface area (Å²) in [6.07, 6.45) is -0.735. The highest BCUT2D eigenvalue weighted by Crippen LogP contribution is 2.25. The second-order valence-electron chi connectivity index (χ2n) is 5.61. The van der Waals surface area contributed by atoms with E-state index in [2.05, 4.69) is 10.2 Å². The van der Waals surface area contributed by atoms with Gasteiger partial charge in [0, 0.05) is 17.7 Å². The van der Waals surface area contributed by atoms with Gasteiger partial charge in [-0.3, -0.25) is 10.1 Å². The number of rotatable bonds is 5. The molecule has 1 atom stereocenters. The van der Waals surface area contributed by atoms with E-state index in [1.54, 1.807) is 19.1 Å². The molecule has 8 heteroatoms. The van der Waals surface area contributed by atoms with E-state index in [1.165, 1.54) is 24.3 Å². The van der Waals surface area contributed by atoms with Gasteiger partial charge < -0.3 is 9.15 Å². The van der Waals surface area contributed by atoms with Crippen LogP contribution in [0.4, 0.5) is 5.69 Å². The summed E-state index contributed by atoms with van der Waals surface area (Å²) >= 11 is 0. The van der Waals surface area contributed by atoms with E-state index in [9.17, 15) is 14.9 Å². The van der Waals surface area contributed by atoms with Gasteiger partial charge in [-0.2, -0.15) is 0 Å². The molecule has 1 aromatic heterocycles. The molecule has 8 nitrogen and oxygen atoms in total. The molecule has 0 amide bonds. The average Bonchev–Trinajstić information content (AvgIpc) is 3.12. The Balaban J connectivity index is 1.73. The number of non-ortho nitro benzene ring substituents is 1. The maximum Gasteiger partial charge on any atom is 0.339 e. The van der Waals surface area contributed by atoms with Crippen LogP contribution >= 0.6 is 0 Å². The zero-order valence-corrected chi connectivity index (χ0v) is 14.1. The third-order valence-electron chi connectivity index (χ3n) is 3.76. The fourth-order valence-electron chi connectivity index (χ4n) is 2.32. The van der Waals surface area contributed by atoms with Crippen LogP contribution in [0.25, 0.3) is 11.5 Å². The first-order valence-electron chi connectivity index (χ1n) is 7.80. The van der Waals surface area contributed by atoms with Gasteiger partial charge in [0.05, 0.1) is 10.5 Å². The van der Waals surface area contributed by atoms with Gasteiger partial charge in [0.25, 0.3) is 11.6 Å². The monoisotopic (exact) mass is 353 g/mol. The van der Waals surface area contributed by atoms with E-state index in [-0.39, 0.29) is 17.5 Å². The van der Waals surface area contributed by atoms with Gasteiger partial charge in [-0.15, -0.1) is 10.2 Å². The van der Waals surface area contributed by atoms with E-state index in [0.717, 1.165) is 5.56 Å². The van der Waals surface area contributed by atoms with Crippen molar-refractivity contribution in [1.29, 1.82) is 0 Å². The van der Waals surface area contributed by atoms with E-state index in [0.29, 0.717) is 11.1 Å². The van der Waals surface area contributed by atoms with Crippen molar-refractivity contribution in [3.05, 3.63) is 75.7 Å². The summed E-state index contributed by atoms with van der Waals surface area (Å²) in [4.78, 5) is 22.5. The maximum atomic E-state index is 12.3. The van der Waals surface area contributed by atoms with Crippen LogP contribution in [0.5, 0.6) is 0 Å². The number of nitrogens with zero attached hydrogens (tertiary/aromatic N) is 3. The van der Waals surface area contributed by atoms with Crippen LogP contribution < -0.4 is 0 Å². The first-order valence-corrected chi connectivity index (χ1v) is 7.80. The standard InChI is InChI=1S/C18H15N3O5/c1-11-5-3-4-6-15(11)18(22)25-12(2)16-19-20-17(26-16)13-7-9-14(10-8-13)21(23)24/h3-10,12H,1-2H3/t12-/m0/s1. The molecule has 3 aromatic rings. The maximum absolute atomic E-state index is 12.3. The number of ether oxygens (including phenoxy) is 1. The van der Waals surface area contributed by atoms with Crippen LogP contribution in [-0.4, -0.2) is 21.1 Å². The molecule has 132 valence electrons. The molecule has 0 N–H and O–H groups in total. The Morgan fingerprint density at radius 3 is 2.50 bits per heavy atom. The van der Waals surface area contributed by atoms with Crippen molar-refractivity contribution in [2.24, 2.45) is 0 Å². The van der Waals surface area contributed by atoms with Crippen LogP contribution in [0.15, 0.2) is 52.9 Å². The molecule has 26 heavy (non-hydrogen) atoms. The molecule has 0 fully saturated rings. The molecule has 0 aliphatic rings. The number of carbonyl (C=O) groups is 1. The molecular weight excluding hydrogens is 338 g/mol. The number of aryl methyl sites for hydroxylation is 1. The zero-order chi connectivity index (χ0) is 18.7. The summed E-state index contributed by atoms with van der Waals surface area (Å²) in [6, 6.07) is 12.8. The number of aromatic nitrogens is 2. The largest absolute Gasteiger partial charge is 0.449 e. The van der Waals surface area contributed by atoms with Crippen LogP contribution in [0.3, 0.4) is 0 Å². The first kappa shape index (κ1) is 17.3. The first-order chi connectivity index (χ1) is 12.5. The van der Waals surface area contributed by atoms with Crippen LogP contribution in [-0.2, 0) is 4.74 Å². The quantitative estimate of drug-likeness (QED) is 0.389. The second kappa shape index (κ2) is 7.14. The van der Waals surface area contributed by atoms with Crippen LogP contribution in [0, 0.1) is 17.0 Å². The summed E-state index contributed by atoms with van der Waals surface area (Å²) in [5, 5.41) is 18.5. The summed E-state index contributed by atoms with van der Waals surface area (Å²) in [6.45, 7) is 3.45. The topological polar surface area (TPSA) is 108 Å². The molecule has 3 rings (SSSR count). The number of esters is 1. The lowest BCUT2D eigenvalue weighted by Crippen LogP contribution is -2.10. The minimum absolute atomic E-state index is 0.0333. The van der Waals surface area contributed by atoms with Crippen molar-refractivity contribution in [3.63, 3.8) is 0 Å². The zero-order valence-electron chi connectivity index (χ0n) is 14.1. The summed E-state index contributed by atoms with van der Waals surface area (Å²) < 4.78 is 10.9. The van der Waals surface area contributed by atoms with E-state index in [1.807, 2.05) is 19.1 Å². The number of carbonyl (C=O) groups excluding carboxylic acids is 1. The number of hydrogen-bond donors (Lipinski definition) is 0. The number of hydrogen-bond acceptors (Lipinski definition) is 7. The van der Waals surface area contributed by atoms with E-state index in [4.69, 9.17) is 9.15 Å². The average molecular weight is 353 g/mol. The van der Waals surface area contributed by atoms with Gasteiger partial charge in [0.15, 0.2) is 6.10 Å². The van der Waals surface area contributed by atoms with Gasteiger partial charge in [-0.25, -0.2) is 4.79 Å². The Labute approximate surface area is 148 Å². The Morgan fingerprint density at radius 2 is 1.85 bits per heavy atom. The lowest BCUT2D eigenvalue weighted by atomic mass is 10.1. The highest BCUT2D eigenvalue weighted by atomic mass is 16.6. The van der Waals surface area contributed by atoms with Crippen molar-refractivity contribution in [3.8, 4) is 11.5 Å². The Kier molecular flexibility index (Phi) is 4.74. The Bertz CT molecular complexity index is 949. The highest BCUT2D eigenvalue weighted by molar-refractivity contribution is 5.91. The third kappa shape index (κ3) is 3.59. The van der Waals surface area contributed by atoms with Gasteiger partial charge >= 0.3 is 5.97 Å². The molecule has 0 aliphatic carbocycles. The van der Waals surface area contributed by atoms with Crippen molar-refractivity contribution in [1.82, 2.24) is 10.2 Å². The molecule has 1 heterocycles. The molecule has 0 saturated carbocycles. The summed E-state index contributed by atoms with van der Waals surface area (Å²) in [5.74, 6) is -0.153. The predicted octanol–water partition coefficient (Wildman–Crippen LogP) is 3.87. The van der Waals surface area contributed by atoms with Crippen LogP contribution in [0.2, 0.25) is 0 Å². The minimum Gasteiger partial charge on any atom is -0.449 e. The SMILES string of the molecule is Cc1ccccc1C(=O)O[C@@H](C)c1nnc(-c2ccc([N+](=O)[O-])cc2)o1. The van der Waals surface area contributed by atoms with E-state index >= 15 is 0 Å². The lowest BCUT2D eigenvalue weighted by molar-refractivity contribution is -0.384. The fourth-order valence-corrected chi connectivity index (χ4v) is 2.32. The number of benzene rings is 2. The summed E-state index contributed by atoms with van der Waals surface area (Å²) in [7, 11) is 0. The van der Waals surface area contributed by atoms with Crippen molar-refractivity contribution < 1.29 is 18.9 Å². The molecule has 0 radical (unpaired) electrons. The molecule has 0 aliphatic heterocycles. The number of nitro benzene ring substituents is 1. The third-order valence-corrected chi connectivity index (χ3v) is 3.76. The Hall–Kier alpha value is -3.55. The smallest absolute Gasteiger partial charge is 0.339 e. The van der Waals surface area contributed by atoms with Crippen LogP contribution in [0.1, 0.15) is 34.8 Å². The second-order valence-corrected chi connectivity index (χ2v) is 5.61. The molecule has 2 aromatic carbocycles. The predicted molar refractivity (Wildman–Crippen MR) is 91.4 cm³/mol. The van der Waals surface area contributed by atoms with Crippen molar-refractivity contribution in [2.45, 2.75) is 20.0 Å². The highest BCUT2D eigenvalue weighted by Gasteiger charge is 2.21. The molecule has 0 spiro atoms. The normalized spacial score (nSPS) is 11.8. The van der Waals surface area contributed by atoms with E-state index < -0.39 is 17.0 Å². The minimum atomic E-state index is -0.735. The van der Waals surface area contributed by atoms with Gasteiger partial charge in [-0.05, 0) is 37.6 Å². The molecule has 0 saturated heterocycles. The van der Waals surface area contributed by atoms with Gasteiger partial charge in [0.1, 0.15) is 0 Å². The lowest BCUT2D eigenvalue weighted by Gasteiger charge is -2.10. The van der Waals surface area contributed by atoms with Gasteiger partial charge in [0.2, 0.25) is 5.89 Å².